The summed E-state index contributed by atoms with van der Waals surface area (Å²) in [7, 11) is 0. The van der Waals surface area contributed by atoms with Crippen molar-refractivity contribution in [2.24, 2.45) is 0 Å². The van der Waals surface area contributed by atoms with Crippen LogP contribution in [0, 0.1) is 5.82 Å². The van der Waals surface area contributed by atoms with Gasteiger partial charge in [0.15, 0.2) is 0 Å². The van der Waals surface area contributed by atoms with Crippen LogP contribution in [-0.4, -0.2) is 6.54 Å². The van der Waals surface area contributed by atoms with E-state index in [0.29, 0.717) is 6.42 Å². The summed E-state index contributed by atoms with van der Waals surface area (Å²) in [5.41, 5.74) is 1.97. The van der Waals surface area contributed by atoms with E-state index < -0.39 is 0 Å². The van der Waals surface area contributed by atoms with Gasteiger partial charge in [-0.3, -0.25) is 0 Å². The van der Waals surface area contributed by atoms with Crippen LogP contribution in [0.4, 0.5) is 4.39 Å². The summed E-state index contributed by atoms with van der Waals surface area (Å²) in [6.07, 6.45) is 0.645. The summed E-state index contributed by atoms with van der Waals surface area (Å²) >= 11 is 14.7. The Bertz CT molecular complexity index is 603. The zero-order chi connectivity index (χ0) is 14.7. The number of hydrogen-bond acceptors (Lipinski definition) is 2. The number of halogens is 4. The molecule has 1 aromatic carbocycles. The molecule has 1 atom stereocenters. The van der Waals surface area contributed by atoms with Crippen molar-refractivity contribution in [3.05, 3.63) is 53.8 Å². The molecule has 0 fully saturated rings. The zero-order valence-electron chi connectivity index (χ0n) is 10.7. The highest BCUT2D eigenvalue weighted by molar-refractivity contribution is 9.12. The van der Waals surface area contributed by atoms with Gasteiger partial charge in [-0.1, -0.05) is 30.7 Å². The minimum atomic E-state index is -0.370. The number of hydrogen-bond donors (Lipinski definition) is 1. The highest BCUT2D eigenvalue weighted by Gasteiger charge is 2.19. The van der Waals surface area contributed by atoms with Gasteiger partial charge in [0.2, 0.25) is 0 Å². The lowest BCUT2D eigenvalue weighted by Crippen LogP contribution is -2.23. The molecule has 1 N–H and O–H groups in total. The fourth-order valence-corrected chi connectivity index (χ4v) is 5.23. The van der Waals surface area contributed by atoms with Gasteiger partial charge >= 0.3 is 0 Å². The molecule has 0 spiro atoms. The van der Waals surface area contributed by atoms with Gasteiger partial charge in [-0.05, 0) is 68.1 Å². The topological polar surface area (TPSA) is 12.0 Å². The van der Waals surface area contributed by atoms with Crippen LogP contribution in [0.25, 0.3) is 0 Å². The minimum absolute atomic E-state index is 0.0937. The van der Waals surface area contributed by atoms with E-state index in [1.165, 1.54) is 6.07 Å². The van der Waals surface area contributed by atoms with E-state index in [0.717, 1.165) is 25.2 Å². The minimum Gasteiger partial charge on any atom is -0.310 e. The van der Waals surface area contributed by atoms with Gasteiger partial charge < -0.3 is 5.32 Å². The lowest BCUT2D eigenvalue weighted by Gasteiger charge is -2.18. The number of rotatable bonds is 5. The molecule has 0 amide bonds. The molecule has 1 nitrogen and oxygen atoms in total. The van der Waals surface area contributed by atoms with Gasteiger partial charge in [0, 0.05) is 6.04 Å². The summed E-state index contributed by atoms with van der Waals surface area (Å²) in [4.78, 5) is 0. The van der Waals surface area contributed by atoms with Crippen LogP contribution in [0.3, 0.4) is 0 Å². The quantitative estimate of drug-likeness (QED) is 0.604. The van der Waals surface area contributed by atoms with Crippen LogP contribution >= 0.6 is 54.8 Å². The molecule has 0 radical (unpaired) electrons. The van der Waals surface area contributed by atoms with E-state index in [4.69, 9.17) is 11.6 Å². The summed E-state index contributed by atoms with van der Waals surface area (Å²) in [6.45, 7) is 2.88. The molecule has 2 aromatic rings. The first-order valence-corrected chi connectivity index (χ1v) is 8.92. The van der Waals surface area contributed by atoms with Crippen molar-refractivity contribution < 1.29 is 4.39 Å². The maximum Gasteiger partial charge on any atom is 0.142 e. The highest BCUT2D eigenvalue weighted by atomic mass is 79.9. The summed E-state index contributed by atoms with van der Waals surface area (Å²) in [6, 6.07) is 7.11. The average molecular weight is 442 g/mol. The first-order chi connectivity index (χ1) is 9.52. The van der Waals surface area contributed by atoms with Crippen LogP contribution in [0.2, 0.25) is 5.02 Å². The van der Waals surface area contributed by atoms with Gasteiger partial charge in [0.1, 0.15) is 5.82 Å². The maximum absolute atomic E-state index is 13.5. The third-order valence-electron chi connectivity index (χ3n) is 2.96. The molecule has 1 unspecified atom stereocenters. The third-order valence-corrected chi connectivity index (χ3v) is 5.77. The Kier molecular flexibility index (Phi) is 6.05. The van der Waals surface area contributed by atoms with Crippen molar-refractivity contribution in [1.82, 2.24) is 5.32 Å². The van der Waals surface area contributed by atoms with Crippen molar-refractivity contribution >= 4 is 54.8 Å². The zero-order valence-corrected chi connectivity index (χ0v) is 15.5. The molecule has 108 valence electrons. The molecule has 0 aliphatic carbocycles. The van der Waals surface area contributed by atoms with Crippen LogP contribution in [0.1, 0.15) is 24.1 Å². The number of benzene rings is 1. The van der Waals surface area contributed by atoms with Crippen LogP contribution in [0.5, 0.6) is 0 Å². The van der Waals surface area contributed by atoms with Crippen LogP contribution in [-0.2, 0) is 6.42 Å². The molecule has 6 heteroatoms. The predicted molar refractivity (Wildman–Crippen MR) is 91.3 cm³/mol. The van der Waals surface area contributed by atoms with Gasteiger partial charge in [-0.2, -0.15) is 0 Å². The highest BCUT2D eigenvalue weighted by Crippen LogP contribution is 2.37. The van der Waals surface area contributed by atoms with Gasteiger partial charge in [0.25, 0.3) is 0 Å². The molecule has 0 bridgehead atoms. The molecular formula is C14H13Br2ClFNS. The van der Waals surface area contributed by atoms with Gasteiger partial charge in [0.05, 0.1) is 12.6 Å². The second-order valence-electron chi connectivity index (χ2n) is 4.31. The average Bonchev–Trinajstić information content (AvgIpc) is 2.73. The van der Waals surface area contributed by atoms with E-state index in [2.05, 4.69) is 50.2 Å². The Balaban J connectivity index is 2.30. The molecule has 0 saturated heterocycles. The molecule has 0 saturated carbocycles. The molecular weight excluding hydrogens is 428 g/mol. The van der Waals surface area contributed by atoms with E-state index in [-0.39, 0.29) is 16.9 Å². The second kappa shape index (κ2) is 7.36. The molecule has 1 aromatic heterocycles. The number of nitrogens with one attached hydrogen (secondary N) is 1. The Hall–Kier alpha value is 0.0600. The van der Waals surface area contributed by atoms with Crippen LogP contribution < -0.4 is 5.32 Å². The fraction of sp³-hybridized carbons (Fsp3) is 0.286. The number of thiophene rings is 1. The standard InChI is InChI=1S/C14H13Br2ClFNS/c1-2-19-11(9-7-12(15)20-14(9)16)6-8-4-3-5-10(18)13(8)17/h3-5,7,11,19H,2,6H2,1H3. The lowest BCUT2D eigenvalue weighted by atomic mass is 10.0. The molecule has 0 aliphatic rings. The second-order valence-corrected chi connectivity index (χ2v) is 8.43. The normalized spacial score (nSPS) is 12.7. The van der Waals surface area contributed by atoms with E-state index in [1.54, 1.807) is 17.4 Å². The van der Waals surface area contributed by atoms with Crippen molar-refractivity contribution in [2.75, 3.05) is 6.54 Å². The first-order valence-electron chi connectivity index (χ1n) is 6.14. The van der Waals surface area contributed by atoms with Crippen molar-refractivity contribution in [2.45, 2.75) is 19.4 Å². The Morgan fingerprint density at radius 1 is 1.40 bits per heavy atom. The third kappa shape index (κ3) is 3.83. The molecule has 0 aliphatic heterocycles. The fourth-order valence-electron chi connectivity index (χ4n) is 2.06. The van der Waals surface area contributed by atoms with E-state index >= 15 is 0 Å². The van der Waals surface area contributed by atoms with Crippen molar-refractivity contribution in [3.63, 3.8) is 0 Å². The largest absolute Gasteiger partial charge is 0.310 e. The van der Waals surface area contributed by atoms with E-state index in [9.17, 15) is 4.39 Å². The molecule has 1 heterocycles. The Labute approximate surface area is 143 Å². The van der Waals surface area contributed by atoms with Crippen molar-refractivity contribution in [3.8, 4) is 0 Å². The van der Waals surface area contributed by atoms with E-state index in [1.807, 2.05) is 6.07 Å². The van der Waals surface area contributed by atoms with Crippen LogP contribution in [0.15, 0.2) is 31.8 Å². The Morgan fingerprint density at radius 3 is 2.75 bits per heavy atom. The summed E-state index contributed by atoms with van der Waals surface area (Å²) < 4.78 is 15.7. The number of likely N-dealkylation sites (N-methyl/N-ethyl adjacent to an activating group) is 1. The molecule has 2 rings (SSSR count). The van der Waals surface area contributed by atoms with Crippen molar-refractivity contribution in [1.29, 1.82) is 0 Å². The predicted octanol–water partition coefficient (Wildman–Crippen LogP) is 5.96. The lowest BCUT2D eigenvalue weighted by molar-refractivity contribution is 0.546. The monoisotopic (exact) mass is 439 g/mol. The summed E-state index contributed by atoms with van der Waals surface area (Å²) in [5.74, 6) is -0.370. The molecule has 20 heavy (non-hydrogen) atoms. The maximum atomic E-state index is 13.5. The van der Waals surface area contributed by atoms with Gasteiger partial charge in [-0.15, -0.1) is 11.3 Å². The Morgan fingerprint density at radius 2 is 2.15 bits per heavy atom. The smallest absolute Gasteiger partial charge is 0.142 e. The van der Waals surface area contributed by atoms with Gasteiger partial charge in [-0.25, -0.2) is 4.39 Å². The SMILES string of the molecule is CCNC(Cc1cccc(F)c1Cl)c1cc(Br)sc1Br. The first kappa shape index (κ1) is 16.4. The summed E-state index contributed by atoms with van der Waals surface area (Å²) in [5, 5.41) is 3.63.